The molecule has 2 unspecified atom stereocenters. The second kappa shape index (κ2) is 7.74. The first-order chi connectivity index (χ1) is 8.58. The van der Waals surface area contributed by atoms with Crippen molar-refractivity contribution in [2.24, 2.45) is 0 Å². The van der Waals surface area contributed by atoms with Crippen LogP contribution >= 0.6 is 11.8 Å². The summed E-state index contributed by atoms with van der Waals surface area (Å²) >= 11 is 1.81. The van der Waals surface area contributed by atoms with Gasteiger partial charge in [-0.25, -0.2) is 8.78 Å². The molecule has 0 aliphatic heterocycles. The molecule has 0 saturated carbocycles. The number of benzene rings is 1. The van der Waals surface area contributed by atoms with Crippen LogP contribution in [0.4, 0.5) is 8.78 Å². The highest BCUT2D eigenvalue weighted by atomic mass is 32.2. The van der Waals surface area contributed by atoms with Gasteiger partial charge < -0.3 is 5.32 Å². The largest absolute Gasteiger partial charge is 0.309 e. The molecule has 0 amide bonds. The Morgan fingerprint density at radius 1 is 1.28 bits per heavy atom. The Labute approximate surface area is 112 Å². The molecule has 0 heterocycles. The summed E-state index contributed by atoms with van der Waals surface area (Å²) in [5, 5.41) is 3.81. The van der Waals surface area contributed by atoms with Gasteiger partial charge in [0.05, 0.1) is 0 Å². The van der Waals surface area contributed by atoms with Gasteiger partial charge in [-0.15, -0.1) is 0 Å². The van der Waals surface area contributed by atoms with Gasteiger partial charge in [-0.3, -0.25) is 0 Å². The van der Waals surface area contributed by atoms with Crippen molar-refractivity contribution < 1.29 is 8.78 Å². The quantitative estimate of drug-likeness (QED) is 0.801. The fraction of sp³-hybridized carbons (Fsp3) is 0.571. The van der Waals surface area contributed by atoms with E-state index in [0.29, 0.717) is 10.8 Å². The highest BCUT2D eigenvalue weighted by Gasteiger charge is 2.16. The number of hydrogen-bond donors (Lipinski definition) is 1. The van der Waals surface area contributed by atoms with Gasteiger partial charge in [-0.1, -0.05) is 26.8 Å². The molecule has 1 rings (SSSR count). The second-order valence-corrected chi connectivity index (χ2v) is 5.80. The van der Waals surface area contributed by atoms with E-state index >= 15 is 0 Å². The van der Waals surface area contributed by atoms with Gasteiger partial charge in [0, 0.05) is 28.7 Å². The Morgan fingerprint density at radius 2 is 2.00 bits per heavy atom. The fourth-order valence-corrected chi connectivity index (χ4v) is 2.72. The van der Waals surface area contributed by atoms with Crippen LogP contribution in [0.15, 0.2) is 18.2 Å². The van der Waals surface area contributed by atoms with Gasteiger partial charge in [-0.05, 0) is 19.0 Å². The van der Waals surface area contributed by atoms with Gasteiger partial charge in [-0.2, -0.15) is 11.8 Å². The molecule has 0 spiro atoms. The van der Waals surface area contributed by atoms with Crippen LogP contribution in [0.2, 0.25) is 0 Å². The molecule has 1 N–H and O–H groups in total. The molecule has 0 aliphatic carbocycles. The van der Waals surface area contributed by atoms with E-state index in [9.17, 15) is 8.78 Å². The van der Waals surface area contributed by atoms with Gasteiger partial charge in [0.25, 0.3) is 0 Å². The van der Waals surface area contributed by atoms with Crippen LogP contribution in [0.25, 0.3) is 0 Å². The lowest BCUT2D eigenvalue weighted by atomic mass is 10.1. The Hall–Kier alpha value is -0.610. The monoisotopic (exact) mass is 273 g/mol. The lowest BCUT2D eigenvalue weighted by molar-refractivity contribution is 0.531. The molecule has 0 bridgehead atoms. The minimum Gasteiger partial charge on any atom is -0.309 e. The highest BCUT2D eigenvalue weighted by molar-refractivity contribution is 7.99. The van der Waals surface area contributed by atoms with E-state index in [1.54, 1.807) is 0 Å². The summed E-state index contributed by atoms with van der Waals surface area (Å²) in [6, 6.07) is 3.74. The number of nitrogens with one attached hydrogen (secondary N) is 1. The van der Waals surface area contributed by atoms with Crippen LogP contribution in [-0.4, -0.2) is 17.5 Å². The molecule has 2 atom stereocenters. The van der Waals surface area contributed by atoms with Crippen LogP contribution in [0.1, 0.15) is 38.8 Å². The fourth-order valence-electron chi connectivity index (χ4n) is 1.67. The van der Waals surface area contributed by atoms with Crippen molar-refractivity contribution in [2.75, 3.05) is 12.3 Å². The van der Waals surface area contributed by atoms with Crippen LogP contribution in [0, 0.1) is 11.6 Å². The summed E-state index contributed by atoms with van der Waals surface area (Å²) in [6.45, 7) is 7.05. The summed E-state index contributed by atoms with van der Waals surface area (Å²) in [5.74, 6) is -0.197. The summed E-state index contributed by atoms with van der Waals surface area (Å²) in [4.78, 5) is 0. The van der Waals surface area contributed by atoms with Crippen molar-refractivity contribution in [3.63, 3.8) is 0 Å². The van der Waals surface area contributed by atoms with Crippen molar-refractivity contribution in [1.82, 2.24) is 5.32 Å². The highest BCUT2D eigenvalue weighted by Crippen LogP contribution is 2.25. The lowest BCUT2D eigenvalue weighted by Crippen LogP contribution is -2.24. The Bertz CT molecular complexity index is 371. The second-order valence-electron chi connectivity index (χ2n) is 4.33. The average molecular weight is 273 g/mol. The lowest BCUT2D eigenvalue weighted by Gasteiger charge is -2.20. The topological polar surface area (TPSA) is 12.0 Å². The zero-order valence-corrected chi connectivity index (χ0v) is 12.0. The van der Waals surface area contributed by atoms with Crippen LogP contribution in [-0.2, 0) is 0 Å². The molecule has 102 valence electrons. The Kier molecular flexibility index (Phi) is 6.65. The smallest absolute Gasteiger partial charge is 0.130 e. The third-order valence-corrected chi connectivity index (χ3v) is 4.34. The zero-order chi connectivity index (χ0) is 13.5. The van der Waals surface area contributed by atoms with Crippen molar-refractivity contribution >= 4 is 11.8 Å². The SMILES string of the molecule is CCNC(CSC(C)CC)c1ccc(F)cc1F. The molecule has 0 fully saturated rings. The summed E-state index contributed by atoms with van der Waals surface area (Å²) < 4.78 is 26.6. The van der Waals surface area contributed by atoms with Gasteiger partial charge in [0.15, 0.2) is 0 Å². The Morgan fingerprint density at radius 3 is 2.56 bits per heavy atom. The van der Waals surface area contributed by atoms with Crippen LogP contribution in [0.3, 0.4) is 0 Å². The number of halogens is 2. The molecule has 1 nitrogen and oxygen atoms in total. The zero-order valence-electron chi connectivity index (χ0n) is 11.2. The average Bonchev–Trinajstić information content (AvgIpc) is 2.34. The van der Waals surface area contributed by atoms with Crippen molar-refractivity contribution in [3.05, 3.63) is 35.4 Å². The first kappa shape index (κ1) is 15.4. The molecule has 1 aromatic rings. The minimum absolute atomic E-state index is 0.0606. The predicted molar refractivity (Wildman–Crippen MR) is 75.0 cm³/mol. The van der Waals surface area contributed by atoms with E-state index in [2.05, 4.69) is 19.2 Å². The maximum Gasteiger partial charge on any atom is 0.130 e. The summed E-state index contributed by atoms with van der Waals surface area (Å²) in [6.07, 6.45) is 1.09. The van der Waals surface area contributed by atoms with E-state index in [4.69, 9.17) is 0 Å². The molecule has 0 aliphatic rings. The van der Waals surface area contributed by atoms with E-state index in [1.807, 2.05) is 18.7 Å². The van der Waals surface area contributed by atoms with Gasteiger partial charge in [0.2, 0.25) is 0 Å². The first-order valence-electron chi connectivity index (χ1n) is 6.38. The van der Waals surface area contributed by atoms with Gasteiger partial charge >= 0.3 is 0 Å². The maximum absolute atomic E-state index is 13.7. The molecular formula is C14H21F2NS. The first-order valence-corrected chi connectivity index (χ1v) is 7.43. The minimum atomic E-state index is -0.527. The Balaban J connectivity index is 2.76. The van der Waals surface area contributed by atoms with Crippen LogP contribution in [0.5, 0.6) is 0 Å². The van der Waals surface area contributed by atoms with Gasteiger partial charge in [0.1, 0.15) is 11.6 Å². The third-order valence-electron chi connectivity index (χ3n) is 2.91. The normalized spacial score (nSPS) is 14.5. The third kappa shape index (κ3) is 4.58. The van der Waals surface area contributed by atoms with Crippen LogP contribution < -0.4 is 5.32 Å². The number of thioether (sulfide) groups is 1. The maximum atomic E-state index is 13.7. The molecular weight excluding hydrogens is 252 g/mol. The van der Waals surface area contributed by atoms with E-state index in [1.165, 1.54) is 12.1 Å². The molecule has 0 aromatic heterocycles. The van der Waals surface area contributed by atoms with Crippen molar-refractivity contribution in [3.8, 4) is 0 Å². The standard InChI is InChI=1S/C14H21F2NS/c1-4-10(3)18-9-14(17-5-2)12-7-6-11(15)8-13(12)16/h6-8,10,14,17H,4-5,9H2,1-3H3. The van der Waals surface area contributed by atoms with E-state index in [0.717, 1.165) is 24.8 Å². The van der Waals surface area contributed by atoms with Crippen molar-refractivity contribution in [1.29, 1.82) is 0 Å². The molecule has 0 radical (unpaired) electrons. The molecule has 1 aromatic carbocycles. The summed E-state index contributed by atoms with van der Waals surface area (Å²) in [7, 11) is 0. The molecule has 0 saturated heterocycles. The number of hydrogen-bond acceptors (Lipinski definition) is 2. The summed E-state index contributed by atoms with van der Waals surface area (Å²) in [5.41, 5.74) is 0.550. The predicted octanol–water partition coefficient (Wildman–Crippen LogP) is 4.15. The molecule has 18 heavy (non-hydrogen) atoms. The molecule has 4 heteroatoms. The van der Waals surface area contributed by atoms with Crippen molar-refractivity contribution in [2.45, 2.75) is 38.5 Å². The van der Waals surface area contributed by atoms with E-state index < -0.39 is 11.6 Å². The van der Waals surface area contributed by atoms with E-state index in [-0.39, 0.29) is 6.04 Å². The number of rotatable bonds is 7.